The Kier molecular flexibility index (Phi) is 5.44. The number of para-hydroxylation sites is 2. The number of aryl methyl sites for hydroxylation is 2. The molecule has 0 aliphatic rings. The van der Waals surface area contributed by atoms with Gasteiger partial charge in [-0.25, -0.2) is 9.97 Å². The number of rotatable bonds is 6. The van der Waals surface area contributed by atoms with Crippen LogP contribution in [-0.2, 0) is 0 Å². The van der Waals surface area contributed by atoms with Gasteiger partial charge in [-0.05, 0) is 44.9 Å². The van der Waals surface area contributed by atoms with Crippen LogP contribution in [0.5, 0.6) is 5.75 Å². The average Bonchev–Trinajstić information content (AvgIpc) is 2.46. The van der Waals surface area contributed by atoms with Crippen LogP contribution < -0.4 is 10.5 Å². The Balaban J connectivity index is 1.77. The maximum absolute atomic E-state index is 5.82. The summed E-state index contributed by atoms with van der Waals surface area (Å²) in [5, 5.41) is 0.842. The first kappa shape index (κ1) is 15.6. The van der Waals surface area contributed by atoms with E-state index in [9.17, 15) is 0 Å². The van der Waals surface area contributed by atoms with Crippen molar-refractivity contribution >= 4 is 17.4 Å². The molecule has 0 fully saturated rings. The lowest BCUT2D eigenvalue weighted by Crippen LogP contribution is -2.02. The third-order valence-corrected chi connectivity index (χ3v) is 4.24. The monoisotopic (exact) mass is 303 g/mol. The summed E-state index contributed by atoms with van der Waals surface area (Å²) in [6.45, 7) is 6.74. The van der Waals surface area contributed by atoms with Gasteiger partial charge in [0.25, 0.3) is 0 Å². The molecule has 0 bridgehead atoms. The smallest absolute Gasteiger partial charge is 0.187 e. The Morgan fingerprint density at radius 2 is 1.76 bits per heavy atom. The molecule has 2 rings (SSSR count). The van der Waals surface area contributed by atoms with Crippen molar-refractivity contribution in [2.45, 2.75) is 32.3 Å². The van der Waals surface area contributed by atoms with Crippen LogP contribution in [0.25, 0.3) is 0 Å². The molecule has 0 radical (unpaired) electrons. The number of ether oxygens (including phenoxy) is 1. The second kappa shape index (κ2) is 7.31. The number of nitrogens with two attached hydrogens (primary N) is 1. The fraction of sp³-hybridized carbons (Fsp3) is 0.375. The van der Waals surface area contributed by atoms with Gasteiger partial charge >= 0.3 is 0 Å². The van der Waals surface area contributed by atoms with E-state index < -0.39 is 0 Å². The number of aromatic nitrogens is 2. The van der Waals surface area contributed by atoms with Crippen molar-refractivity contribution in [2.75, 3.05) is 18.1 Å². The molecule has 0 aliphatic carbocycles. The molecular weight excluding hydrogens is 282 g/mol. The van der Waals surface area contributed by atoms with Gasteiger partial charge in [-0.15, -0.1) is 0 Å². The molecule has 0 saturated heterocycles. The van der Waals surface area contributed by atoms with Crippen LogP contribution in [0, 0.1) is 20.8 Å². The van der Waals surface area contributed by atoms with E-state index in [2.05, 4.69) is 16.9 Å². The van der Waals surface area contributed by atoms with Gasteiger partial charge in [0.05, 0.1) is 12.3 Å². The lowest BCUT2D eigenvalue weighted by molar-refractivity contribution is 0.320. The van der Waals surface area contributed by atoms with E-state index >= 15 is 0 Å². The Bertz CT molecular complexity index is 593. The van der Waals surface area contributed by atoms with Gasteiger partial charge in [0, 0.05) is 17.1 Å². The first-order chi connectivity index (χ1) is 10.1. The maximum atomic E-state index is 5.82. The highest BCUT2D eigenvalue weighted by atomic mass is 32.2. The largest absolute Gasteiger partial charge is 0.491 e. The summed E-state index contributed by atoms with van der Waals surface area (Å²) in [6, 6.07) is 7.55. The topological polar surface area (TPSA) is 61.0 Å². The first-order valence-corrected chi connectivity index (χ1v) is 7.98. The average molecular weight is 303 g/mol. The van der Waals surface area contributed by atoms with E-state index in [1.807, 2.05) is 38.1 Å². The van der Waals surface area contributed by atoms with Crippen LogP contribution in [0.15, 0.2) is 29.4 Å². The van der Waals surface area contributed by atoms with E-state index in [4.69, 9.17) is 10.5 Å². The Morgan fingerprint density at radius 1 is 1.10 bits per heavy atom. The number of hydrogen-bond acceptors (Lipinski definition) is 5. The molecule has 4 nitrogen and oxygen atoms in total. The highest BCUT2D eigenvalue weighted by molar-refractivity contribution is 7.99. The molecule has 1 heterocycles. The fourth-order valence-corrected chi connectivity index (χ4v) is 2.67. The van der Waals surface area contributed by atoms with Crippen molar-refractivity contribution in [3.05, 3.63) is 41.2 Å². The molecule has 0 amide bonds. The molecule has 0 unspecified atom stereocenters. The third-order valence-electron chi connectivity index (χ3n) is 3.31. The van der Waals surface area contributed by atoms with Crippen LogP contribution in [0.3, 0.4) is 0 Å². The minimum Gasteiger partial charge on any atom is -0.491 e. The molecule has 0 aliphatic heterocycles. The quantitative estimate of drug-likeness (QED) is 0.383. The summed E-state index contributed by atoms with van der Waals surface area (Å²) >= 11 is 1.66. The number of nitrogens with zero attached hydrogens (tertiary/aromatic N) is 2. The van der Waals surface area contributed by atoms with E-state index in [-0.39, 0.29) is 0 Å². The molecule has 5 heteroatoms. The molecule has 1 aromatic heterocycles. The predicted molar refractivity (Wildman–Crippen MR) is 87.9 cm³/mol. The van der Waals surface area contributed by atoms with Crippen molar-refractivity contribution < 1.29 is 4.74 Å². The van der Waals surface area contributed by atoms with Gasteiger partial charge < -0.3 is 10.5 Å². The van der Waals surface area contributed by atoms with Gasteiger partial charge in [-0.3, -0.25) is 0 Å². The van der Waals surface area contributed by atoms with Crippen LogP contribution in [0.1, 0.15) is 23.4 Å². The van der Waals surface area contributed by atoms with E-state index in [0.717, 1.165) is 34.5 Å². The number of nitrogen functional groups attached to an aromatic ring is 1. The lowest BCUT2D eigenvalue weighted by atomic mass is 10.2. The van der Waals surface area contributed by atoms with Crippen molar-refractivity contribution in [1.82, 2.24) is 9.97 Å². The highest BCUT2D eigenvalue weighted by Crippen LogP contribution is 2.21. The van der Waals surface area contributed by atoms with Crippen molar-refractivity contribution in [2.24, 2.45) is 0 Å². The molecule has 0 atom stereocenters. The SMILES string of the molecule is Cc1nc(SCCCOc2ccccc2N)nc(C)c1C. The Morgan fingerprint density at radius 3 is 2.43 bits per heavy atom. The minimum atomic E-state index is 0.644. The van der Waals surface area contributed by atoms with E-state index in [1.54, 1.807) is 11.8 Å². The van der Waals surface area contributed by atoms with Crippen molar-refractivity contribution in [3.63, 3.8) is 0 Å². The molecule has 2 aromatic rings. The molecule has 1 aromatic carbocycles. The third kappa shape index (κ3) is 4.36. The van der Waals surface area contributed by atoms with Crippen LogP contribution in [0.4, 0.5) is 5.69 Å². The lowest BCUT2D eigenvalue weighted by Gasteiger charge is -2.09. The Hall–Kier alpha value is -1.75. The summed E-state index contributed by atoms with van der Waals surface area (Å²) in [5.41, 5.74) is 9.78. The second-order valence-corrected chi connectivity index (χ2v) is 5.95. The number of hydrogen-bond donors (Lipinski definition) is 1. The van der Waals surface area contributed by atoms with Crippen molar-refractivity contribution in [3.8, 4) is 5.75 Å². The normalized spacial score (nSPS) is 10.6. The van der Waals surface area contributed by atoms with Gasteiger partial charge in [0.15, 0.2) is 5.16 Å². The first-order valence-electron chi connectivity index (χ1n) is 7.00. The molecular formula is C16H21N3OS. The fourth-order valence-electron chi connectivity index (χ4n) is 1.82. The standard InChI is InChI=1S/C16H21N3OS/c1-11-12(2)18-16(19-13(11)3)21-10-6-9-20-15-8-5-4-7-14(15)17/h4-5,7-8H,6,9-10,17H2,1-3H3. The maximum Gasteiger partial charge on any atom is 0.187 e. The molecule has 21 heavy (non-hydrogen) atoms. The van der Waals surface area contributed by atoms with Gasteiger partial charge in [0.2, 0.25) is 0 Å². The molecule has 112 valence electrons. The predicted octanol–water partition coefficient (Wildman–Crippen LogP) is 3.55. The summed E-state index contributed by atoms with van der Waals surface area (Å²) in [6.07, 6.45) is 0.925. The second-order valence-electron chi connectivity index (χ2n) is 4.89. The molecule has 2 N–H and O–H groups in total. The highest BCUT2D eigenvalue weighted by Gasteiger charge is 2.05. The molecule has 0 saturated carbocycles. The minimum absolute atomic E-state index is 0.644. The summed E-state index contributed by atoms with van der Waals surface area (Å²) in [7, 11) is 0. The zero-order valence-corrected chi connectivity index (χ0v) is 13.5. The van der Waals surface area contributed by atoms with Gasteiger partial charge in [-0.2, -0.15) is 0 Å². The van der Waals surface area contributed by atoms with Crippen LogP contribution >= 0.6 is 11.8 Å². The van der Waals surface area contributed by atoms with Gasteiger partial charge in [-0.1, -0.05) is 23.9 Å². The van der Waals surface area contributed by atoms with E-state index in [1.165, 1.54) is 5.56 Å². The summed E-state index contributed by atoms with van der Waals surface area (Å²) < 4.78 is 5.66. The zero-order valence-electron chi connectivity index (χ0n) is 12.7. The van der Waals surface area contributed by atoms with E-state index in [0.29, 0.717) is 12.3 Å². The van der Waals surface area contributed by atoms with Crippen LogP contribution in [-0.4, -0.2) is 22.3 Å². The summed E-state index contributed by atoms with van der Waals surface area (Å²) in [5.74, 6) is 1.68. The summed E-state index contributed by atoms with van der Waals surface area (Å²) in [4.78, 5) is 8.99. The zero-order chi connectivity index (χ0) is 15.2. The van der Waals surface area contributed by atoms with Crippen molar-refractivity contribution in [1.29, 1.82) is 0 Å². The van der Waals surface area contributed by atoms with Gasteiger partial charge in [0.1, 0.15) is 5.75 Å². The molecule has 0 spiro atoms. The van der Waals surface area contributed by atoms with Crippen LogP contribution in [0.2, 0.25) is 0 Å². The number of thioether (sulfide) groups is 1. The Labute approximate surface area is 130 Å². The number of benzene rings is 1. The number of anilines is 1.